The number of halogens is 1. The van der Waals surface area contributed by atoms with Gasteiger partial charge in [0.2, 0.25) is 5.75 Å². The molecule has 34 heavy (non-hydrogen) atoms. The number of methoxy groups -OCH3 is 3. The third-order valence-electron chi connectivity index (χ3n) is 4.82. The monoisotopic (exact) mass is 534 g/mol. The van der Waals surface area contributed by atoms with E-state index in [9.17, 15) is 19.5 Å². The lowest BCUT2D eigenvalue weighted by Gasteiger charge is -2.19. The number of benzene rings is 2. The molecule has 2 amide bonds. The van der Waals surface area contributed by atoms with Crippen molar-refractivity contribution >= 4 is 39.8 Å². The molecule has 0 aromatic heterocycles. The molecule has 2 rings (SSSR count). The molecule has 2 aromatic rings. The van der Waals surface area contributed by atoms with Gasteiger partial charge in [0.25, 0.3) is 11.8 Å². The highest BCUT2D eigenvalue weighted by molar-refractivity contribution is 9.10. The van der Waals surface area contributed by atoms with Crippen LogP contribution in [-0.2, 0) is 9.59 Å². The van der Waals surface area contributed by atoms with Crippen molar-refractivity contribution in [2.24, 2.45) is 5.92 Å². The zero-order valence-corrected chi connectivity index (χ0v) is 21.1. The molecule has 0 saturated heterocycles. The van der Waals surface area contributed by atoms with Gasteiger partial charge in [-0.05, 0) is 41.8 Å². The molecule has 0 aliphatic heterocycles. The van der Waals surface area contributed by atoms with Crippen molar-refractivity contribution < 1.29 is 33.7 Å². The third-order valence-corrected chi connectivity index (χ3v) is 5.35. The number of nitrogens with one attached hydrogen (secondary N) is 2. The number of carbonyl (C=O) groups is 3. The third kappa shape index (κ3) is 6.74. The normalized spacial score (nSPS) is 12.0. The number of hydrogen-bond acceptors (Lipinski definition) is 6. The molecule has 0 aliphatic rings. The number of ether oxygens (including phenoxy) is 3. The van der Waals surface area contributed by atoms with Crippen LogP contribution in [0.3, 0.4) is 0 Å². The number of carbonyl (C=O) groups excluding carboxylic acids is 2. The maximum Gasteiger partial charge on any atom is 0.326 e. The maximum atomic E-state index is 13.1. The molecule has 10 heteroatoms. The molecule has 182 valence electrons. The van der Waals surface area contributed by atoms with Gasteiger partial charge < -0.3 is 30.0 Å². The van der Waals surface area contributed by atoms with Crippen LogP contribution in [0.5, 0.6) is 17.2 Å². The van der Waals surface area contributed by atoms with Gasteiger partial charge in [0.1, 0.15) is 11.7 Å². The molecular weight excluding hydrogens is 508 g/mol. The SMILES string of the molecule is COc1cc(C(=O)N/C(=C\c2ccc(Br)cc2)C(=O)N[C@@H](C(=O)O)C(C)C)cc(OC)c1OC. The highest BCUT2D eigenvalue weighted by atomic mass is 79.9. The Morgan fingerprint density at radius 1 is 0.971 bits per heavy atom. The molecule has 2 aromatic carbocycles. The quantitative estimate of drug-likeness (QED) is 0.398. The minimum atomic E-state index is -1.18. The van der Waals surface area contributed by atoms with Crippen LogP contribution in [0, 0.1) is 5.92 Å². The smallest absolute Gasteiger partial charge is 0.326 e. The predicted molar refractivity (Wildman–Crippen MR) is 130 cm³/mol. The van der Waals surface area contributed by atoms with E-state index in [1.807, 2.05) is 0 Å². The van der Waals surface area contributed by atoms with Gasteiger partial charge in [-0.2, -0.15) is 0 Å². The van der Waals surface area contributed by atoms with Gasteiger partial charge >= 0.3 is 5.97 Å². The Labute approximate surface area is 206 Å². The van der Waals surface area contributed by atoms with E-state index in [4.69, 9.17) is 14.2 Å². The first kappa shape index (κ1) is 26.7. The molecule has 1 atom stereocenters. The van der Waals surface area contributed by atoms with Crippen LogP contribution in [0.25, 0.3) is 6.08 Å². The Bertz CT molecular complexity index is 1060. The molecule has 0 unspecified atom stereocenters. The van der Waals surface area contributed by atoms with E-state index >= 15 is 0 Å². The summed E-state index contributed by atoms with van der Waals surface area (Å²) in [7, 11) is 4.28. The fourth-order valence-electron chi connectivity index (χ4n) is 3.02. The van der Waals surface area contributed by atoms with Crippen molar-refractivity contribution in [2.45, 2.75) is 19.9 Å². The van der Waals surface area contributed by atoms with Crippen LogP contribution in [0.1, 0.15) is 29.8 Å². The summed E-state index contributed by atoms with van der Waals surface area (Å²) in [6.45, 7) is 3.34. The lowest BCUT2D eigenvalue weighted by Crippen LogP contribution is -2.47. The molecule has 0 spiro atoms. The first-order chi connectivity index (χ1) is 16.1. The summed E-state index contributed by atoms with van der Waals surface area (Å²) in [5, 5.41) is 14.5. The number of aliphatic carboxylic acids is 1. The molecule has 0 fully saturated rings. The maximum absolute atomic E-state index is 13.1. The van der Waals surface area contributed by atoms with E-state index in [0.717, 1.165) is 4.47 Å². The predicted octanol–water partition coefficient (Wildman–Crippen LogP) is 3.47. The zero-order valence-electron chi connectivity index (χ0n) is 19.5. The summed E-state index contributed by atoms with van der Waals surface area (Å²) >= 11 is 3.35. The average Bonchev–Trinajstić information content (AvgIpc) is 2.81. The molecule has 0 saturated carbocycles. The van der Waals surface area contributed by atoms with E-state index in [1.165, 1.54) is 39.5 Å². The molecule has 3 N–H and O–H groups in total. The number of hydrogen-bond donors (Lipinski definition) is 3. The van der Waals surface area contributed by atoms with Crippen molar-refractivity contribution in [3.8, 4) is 17.2 Å². The number of amides is 2. The van der Waals surface area contributed by atoms with Gasteiger partial charge in [0.05, 0.1) is 21.3 Å². The zero-order chi connectivity index (χ0) is 25.4. The van der Waals surface area contributed by atoms with Crippen molar-refractivity contribution in [3.63, 3.8) is 0 Å². The molecule has 0 radical (unpaired) electrons. The number of carboxylic acids is 1. The molecule has 9 nitrogen and oxygen atoms in total. The molecule has 0 bridgehead atoms. The van der Waals surface area contributed by atoms with E-state index < -0.39 is 23.8 Å². The first-order valence-corrected chi connectivity index (χ1v) is 11.0. The fourth-order valence-corrected chi connectivity index (χ4v) is 3.29. The minimum absolute atomic E-state index is 0.132. The Kier molecular flexibility index (Phi) is 9.49. The van der Waals surface area contributed by atoms with Crippen molar-refractivity contribution in [1.82, 2.24) is 10.6 Å². The second-order valence-electron chi connectivity index (χ2n) is 7.51. The summed E-state index contributed by atoms with van der Waals surface area (Å²) in [6, 6.07) is 8.77. The number of rotatable bonds is 10. The minimum Gasteiger partial charge on any atom is -0.493 e. The summed E-state index contributed by atoms with van der Waals surface area (Å²) in [5.41, 5.74) is 0.630. The van der Waals surface area contributed by atoms with E-state index in [2.05, 4.69) is 26.6 Å². The Morgan fingerprint density at radius 2 is 1.53 bits per heavy atom. The van der Waals surface area contributed by atoms with Crippen LogP contribution >= 0.6 is 15.9 Å². The Hall–Kier alpha value is -3.53. The summed E-state index contributed by atoms with van der Waals surface area (Å²) in [4.78, 5) is 37.7. The van der Waals surface area contributed by atoms with Gasteiger partial charge in [-0.3, -0.25) is 9.59 Å². The highest BCUT2D eigenvalue weighted by Gasteiger charge is 2.26. The van der Waals surface area contributed by atoms with Gasteiger partial charge in [-0.1, -0.05) is 41.9 Å². The summed E-state index contributed by atoms with van der Waals surface area (Å²) in [6.07, 6.45) is 1.46. The fraction of sp³-hybridized carbons (Fsp3) is 0.292. The highest BCUT2D eigenvalue weighted by Crippen LogP contribution is 2.38. The molecule has 0 aliphatic carbocycles. The van der Waals surface area contributed by atoms with Crippen LogP contribution < -0.4 is 24.8 Å². The largest absolute Gasteiger partial charge is 0.493 e. The van der Waals surface area contributed by atoms with Crippen molar-refractivity contribution in [3.05, 3.63) is 57.7 Å². The first-order valence-electron chi connectivity index (χ1n) is 10.2. The number of carboxylic acid groups (broad SMARTS) is 1. The van der Waals surface area contributed by atoms with Crippen molar-refractivity contribution in [1.29, 1.82) is 0 Å². The molecular formula is C24H27BrN2O7. The second kappa shape index (κ2) is 12.1. The average molecular weight is 535 g/mol. The lowest BCUT2D eigenvalue weighted by atomic mass is 10.0. The standard InChI is InChI=1S/C24H27BrN2O7/c1-13(2)20(24(30)31)27-23(29)17(10-14-6-8-16(25)9-7-14)26-22(28)15-11-18(32-3)21(34-5)19(12-15)33-4/h6-13,20H,1-5H3,(H,26,28)(H,27,29)(H,30,31)/b17-10-/t20-/m1/s1. The van der Waals surface area contributed by atoms with Gasteiger partial charge in [0, 0.05) is 10.0 Å². The van der Waals surface area contributed by atoms with E-state index in [1.54, 1.807) is 38.1 Å². The Morgan fingerprint density at radius 3 is 1.97 bits per heavy atom. The van der Waals surface area contributed by atoms with Crippen LogP contribution in [0.4, 0.5) is 0 Å². The topological polar surface area (TPSA) is 123 Å². The van der Waals surface area contributed by atoms with Gasteiger partial charge in [0.15, 0.2) is 11.5 Å². The summed E-state index contributed by atoms with van der Waals surface area (Å²) < 4.78 is 16.7. The Balaban J connectivity index is 2.45. The van der Waals surface area contributed by atoms with Crippen LogP contribution in [0.2, 0.25) is 0 Å². The summed E-state index contributed by atoms with van der Waals surface area (Å²) in [5.74, 6) is -2.09. The lowest BCUT2D eigenvalue weighted by molar-refractivity contribution is -0.142. The molecule has 0 heterocycles. The van der Waals surface area contributed by atoms with Crippen molar-refractivity contribution in [2.75, 3.05) is 21.3 Å². The van der Waals surface area contributed by atoms with Gasteiger partial charge in [-0.15, -0.1) is 0 Å². The second-order valence-corrected chi connectivity index (χ2v) is 8.43. The van der Waals surface area contributed by atoms with E-state index in [-0.39, 0.29) is 28.7 Å². The van der Waals surface area contributed by atoms with Gasteiger partial charge in [-0.25, -0.2) is 4.79 Å². The van der Waals surface area contributed by atoms with E-state index in [0.29, 0.717) is 11.3 Å². The van der Waals surface area contributed by atoms with Crippen LogP contribution in [-0.4, -0.2) is 50.3 Å². The van der Waals surface area contributed by atoms with Crippen LogP contribution in [0.15, 0.2) is 46.6 Å².